The lowest BCUT2D eigenvalue weighted by Gasteiger charge is -2.13. The van der Waals surface area contributed by atoms with Crippen LogP contribution in [0.5, 0.6) is 0 Å². The van der Waals surface area contributed by atoms with E-state index >= 15 is 0 Å². The van der Waals surface area contributed by atoms with Crippen molar-refractivity contribution >= 4 is 5.96 Å². The Morgan fingerprint density at radius 3 is 2.92 bits per heavy atom. The lowest BCUT2D eigenvalue weighted by Crippen LogP contribution is -2.39. The maximum absolute atomic E-state index is 5.76. The van der Waals surface area contributed by atoms with Gasteiger partial charge in [-0.3, -0.25) is 4.99 Å². The molecule has 0 aromatic heterocycles. The molecule has 3 rings (SSSR count). The number of hydrogen-bond donors (Lipinski definition) is 2. The highest BCUT2D eigenvalue weighted by Gasteiger charge is 2.37. The molecule has 1 aromatic rings. The summed E-state index contributed by atoms with van der Waals surface area (Å²) in [5.74, 6) is 2.31. The van der Waals surface area contributed by atoms with Crippen molar-refractivity contribution in [3.63, 3.8) is 0 Å². The van der Waals surface area contributed by atoms with Crippen LogP contribution in [0.25, 0.3) is 0 Å². The minimum atomic E-state index is 0.298. The largest absolute Gasteiger partial charge is 0.379 e. The lowest BCUT2D eigenvalue weighted by atomic mass is 10.1. The first-order chi connectivity index (χ1) is 11.9. The molecule has 24 heavy (non-hydrogen) atoms. The highest BCUT2D eigenvalue weighted by Crippen LogP contribution is 2.46. The Kier molecular flexibility index (Phi) is 6.49. The van der Waals surface area contributed by atoms with Crippen molar-refractivity contribution in [3.05, 3.63) is 35.9 Å². The van der Waals surface area contributed by atoms with Crippen molar-refractivity contribution in [2.24, 2.45) is 10.9 Å². The van der Waals surface area contributed by atoms with Gasteiger partial charge in [-0.05, 0) is 36.7 Å². The van der Waals surface area contributed by atoms with Gasteiger partial charge in [0.15, 0.2) is 5.96 Å². The van der Waals surface area contributed by atoms with Gasteiger partial charge in [0.25, 0.3) is 0 Å². The van der Waals surface area contributed by atoms with Crippen LogP contribution in [0.4, 0.5) is 0 Å². The van der Waals surface area contributed by atoms with Gasteiger partial charge in [0, 0.05) is 33.4 Å². The number of hydrogen-bond acceptors (Lipinski definition) is 3. The van der Waals surface area contributed by atoms with E-state index in [-0.39, 0.29) is 0 Å². The summed E-state index contributed by atoms with van der Waals surface area (Å²) >= 11 is 0. The maximum Gasteiger partial charge on any atom is 0.190 e. The third kappa shape index (κ3) is 5.21. The minimum absolute atomic E-state index is 0.298. The number of nitrogens with zero attached hydrogens (tertiary/aromatic N) is 1. The molecule has 1 saturated carbocycles. The number of benzene rings is 1. The lowest BCUT2D eigenvalue weighted by molar-refractivity contribution is 0.0420. The van der Waals surface area contributed by atoms with E-state index in [0.717, 1.165) is 57.6 Å². The average Bonchev–Trinajstić information content (AvgIpc) is 3.22. The van der Waals surface area contributed by atoms with Crippen LogP contribution in [0.3, 0.4) is 0 Å². The molecule has 1 heterocycles. The van der Waals surface area contributed by atoms with Gasteiger partial charge < -0.3 is 20.1 Å². The molecule has 5 heteroatoms. The van der Waals surface area contributed by atoms with Gasteiger partial charge in [0.2, 0.25) is 0 Å². The monoisotopic (exact) mass is 331 g/mol. The summed E-state index contributed by atoms with van der Waals surface area (Å²) in [5, 5.41) is 6.80. The van der Waals surface area contributed by atoms with E-state index in [1.165, 1.54) is 12.0 Å². The summed E-state index contributed by atoms with van der Waals surface area (Å²) in [4.78, 5) is 4.29. The Balaban J connectivity index is 1.26. The zero-order chi connectivity index (χ0) is 16.6. The van der Waals surface area contributed by atoms with Gasteiger partial charge in [-0.1, -0.05) is 30.3 Å². The molecule has 5 nitrogen and oxygen atoms in total. The van der Waals surface area contributed by atoms with Crippen molar-refractivity contribution < 1.29 is 9.47 Å². The fourth-order valence-electron chi connectivity index (χ4n) is 3.20. The topological polar surface area (TPSA) is 54.9 Å². The molecule has 1 aliphatic heterocycles. The molecule has 2 fully saturated rings. The Bertz CT molecular complexity index is 515. The molecule has 2 aliphatic rings. The number of rotatable bonds is 8. The average molecular weight is 331 g/mol. The quantitative estimate of drug-likeness (QED) is 0.435. The first-order valence-corrected chi connectivity index (χ1v) is 9.05. The standard InChI is InChI=1S/C19H29N3O2/c1-20-19(21-9-5-10-24-17-8-11-23-14-17)22-13-16-12-18(16)15-6-3-2-4-7-15/h2-4,6-7,16-18H,5,8-14H2,1H3,(H2,20,21,22). The smallest absolute Gasteiger partial charge is 0.190 e. The second-order valence-electron chi connectivity index (χ2n) is 6.60. The molecule has 3 unspecified atom stereocenters. The van der Waals surface area contributed by atoms with E-state index in [2.05, 4.69) is 46.0 Å². The Morgan fingerprint density at radius 2 is 2.17 bits per heavy atom. The predicted octanol–water partition coefficient (Wildman–Crippen LogP) is 2.15. The molecule has 0 bridgehead atoms. The van der Waals surface area contributed by atoms with E-state index in [9.17, 15) is 0 Å². The van der Waals surface area contributed by atoms with Crippen LogP contribution < -0.4 is 10.6 Å². The molecule has 1 aliphatic carbocycles. The zero-order valence-corrected chi connectivity index (χ0v) is 14.5. The maximum atomic E-state index is 5.76. The van der Waals surface area contributed by atoms with Gasteiger partial charge in [0.1, 0.15) is 0 Å². The molecule has 0 amide bonds. The van der Waals surface area contributed by atoms with Crippen molar-refractivity contribution in [2.75, 3.05) is 40.0 Å². The van der Waals surface area contributed by atoms with E-state index in [0.29, 0.717) is 12.0 Å². The molecule has 132 valence electrons. The Morgan fingerprint density at radius 1 is 1.29 bits per heavy atom. The van der Waals surface area contributed by atoms with Crippen LogP contribution in [0.15, 0.2) is 35.3 Å². The van der Waals surface area contributed by atoms with Crippen LogP contribution in [0.2, 0.25) is 0 Å². The Labute approximate surface area is 144 Å². The van der Waals surface area contributed by atoms with Crippen LogP contribution >= 0.6 is 0 Å². The first-order valence-electron chi connectivity index (χ1n) is 9.05. The predicted molar refractivity (Wildman–Crippen MR) is 96.4 cm³/mol. The van der Waals surface area contributed by atoms with E-state index in [1.807, 2.05) is 7.05 Å². The highest BCUT2D eigenvalue weighted by molar-refractivity contribution is 5.79. The zero-order valence-electron chi connectivity index (χ0n) is 14.5. The summed E-state index contributed by atoms with van der Waals surface area (Å²) < 4.78 is 11.1. The SMILES string of the molecule is CN=C(NCCCOC1CCOC1)NCC1CC1c1ccccc1. The van der Waals surface area contributed by atoms with Crippen LogP contribution in [-0.2, 0) is 9.47 Å². The van der Waals surface area contributed by atoms with Gasteiger partial charge >= 0.3 is 0 Å². The molecular formula is C19H29N3O2. The number of aliphatic imine (C=N–C) groups is 1. The van der Waals surface area contributed by atoms with Crippen molar-refractivity contribution in [3.8, 4) is 0 Å². The summed E-state index contributed by atoms with van der Waals surface area (Å²) in [6.45, 7) is 4.22. The fourth-order valence-corrected chi connectivity index (χ4v) is 3.20. The first kappa shape index (κ1) is 17.2. The summed E-state index contributed by atoms with van der Waals surface area (Å²) in [6.07, 6.45) is 3.58. The summed E-state index contributed by atoms with van der Waals surface area (Å²) in [6, 6.07) is 10.8. The molecule has 3 atom stereocenters. The van der Waals surface area contributed by atoms with Crippen molar-refractivity contribution in [1.82, 2.24) is 10.6 Å². The molecule has 0 radical (unpaired) electrons. The fraction of sp³-hybridized carbons (Fsp3) is 0.632. The molecule has 1 aromatic carbocycles. The number of guanidine groups is 1. The van der Waals surface area contributed by atoms with Crippen LogP contribution in [0.1, 0.15) is 30.7 Å². The van der Waals surface area contributed by atoms with E-state index in [4.69, 9.17) is 9.47 Å². The minimum Gasteiger partial charge on any atom is -0.379 e. The molecule has 1 saturated heterocycles. The third-order valence-electron chi connectivity index (χ3n) is 4.76. The van der Waals surface area contributed by atoms with Crippen LogP contribution in [-0.4, -0.2) is 52.0 Å². The van der Waals surface area contributed by atoms with E-state index < -0.39 is 0 Å². The van der Waals surface area contributed by atoms with Gasteiger partial charge in [-0.15, -0.1) is 0 Å². The van der Waals surface area contributed by atoms with Gasteiger partial charge in [-0.25, -0.2) is 0 Å². The second-order valence-corrected chi connectivity index (χ2v) is 6.60. The highest BCUT2D eigenvalue weighted by atomic mass is 16.5. The summed E-state index contributed by atoms with van der Waals surface area (Å²) in [5.41, 5.74) is 1.46. The molecular weight excluding hydrogens is 302 g/mol. The van der Waals surface area contributed by atoms with E-state index in [1.54, 1.807) is 0 Å². The number of nitrogens with one attached hydrogen (secondary N) is 2. The number of ether oxygens (including phenoxy) is 2. The Hall–Kier alpha value is -1.59. The third-order valence-corrected chi connectivity index (χ3v) is 4.76. The second kappa shape index (κ2) is 9.04. The van der Waals surface area contributed by atoms with Crippen molar-refractivity contribution in [1.29, 1.82) is 0 Å². The summed E-state index contributed by atoms with van der Waals surface area (Å²) in [7, 11) is 1.82. The van der Waals surface area contributed by atoms with Crippen LogP contribution in [0, 0.1) is 5.92 Å². The molecule has 0 spiro atoms. The van der Waals surface area contributed by atoms with Crippen molar-refractivity contribution in [2.45, 2.75) is 31.3 Å². The van der Waals surface area contributed by atoms with Gasteiger partial charge in [0.05, 0.1) is 12.7 Å². The normalized spacial score (nSPS) is 26.4. The van der Waals surface area contributed by atoms with Gasteiger partial charge in [-0.2, -0.15) is 0 Å². The molecule has 2 N–H and O–H groups in total.